The third-order valence-corrected chi connectivity index (χ3v) is 8.18. The number of halogens is 1. The zero-order chi connectivity index (χ0) is 23.1. The summed E-state index contributed by atoms with van der Waals surface area (Å²) in [4.78, 5) is 11.2. The molecule has 0 amide bonds. The number of carbonyl (C=O) groups is 1. The van der Waals surface area contributed by atoms with Crippen molar-refractivity contribution in [2.45, 2.75) is 94.6 Å². The monoisotopic (exact) mass is 462 g/mol. The largest absolute Gasteiger partial charge is 0.469 e. The number of ether oxygens (including phenoxy) is 1. The van der Waals surface area contributed by atoms with E-state index in [1.165, 1.54) is 13.5 Å². The number of carbonyl (C=O) groups excluding carboxylic acids is 1. The van der Waals surface area contributed by atoms with Gasteiger partial charge >= 0.3 is 5.97 Å². The number of methoxy groups -OCH3 is 1. The molecule has 5 atom stereocenters. The second kappa shape index (κ2) is 11.7. The lowest BCUT2D eigenvalue weighted by Gasteiger charge is -2.46. The first kappa shape index (κ1) is 25.3. The molecule has 0 saturated heterocycles. The van der Waals surface area contributed by atoms with Crippen LogP contribution in [0.4, 0.5) is 0 Å². The quantitative estimate of drug-likeness (QED) is 0.182. The van der Waals surface area contributed by atoms with Crippen LogP contribution in [-0.4, -0.2) is 34.8 Å². The number of alkyl halides is 1. The van der Waals surface area contributed by atoms with Crippen molar-refractivity contribution in [1.29, 1.82) is 0 Å². The van der Waals surface area contributed by atoms with Gasteiger partial charge in [-0.25, -0.2) is 0 Å². The van der Waals surface area contributed by atoms with Crippen LogP contribution in [0.2, 0.25) is 0 Å². The van der Waals surface area contributed by atoms with Crippen molar-refractivity contribution in [3.63, 3.8) is 0 Å². The van der Waals surface area contributed by atoms with Crippen LogP contribution in [0.5, 0.6) is 0 Å². The van der Waals surface area contributed by atoms with Gasteiger partial charge in [0.2, 0.25) is 0 Å². The van der Waals surface area contributed by atoms with Gasteiger partial charge in [0.25, 0.3) is 0 Å². The third kappa shape index (κ3) is 5.76. The molecule has 178 valence electrons. The predicted molar refractivity (Wildman–Crippen MR) is 129 cm³/mol. The Balaban J connectivity index is 1.62. The van der Waals surface area contributed by atoms with Gasteiger partial charge in [0, 0.05) is 23.1 Å². The molecule has 2 N–H and O–H groups in total. The van der Waals surface area contributed by atoms with Gasteiger partial charge in [-0.15, -0.1) is 11.6 Å². The van der Waals surface area contributed by atoms with E-state index in [0.717, 1.165) is 56.1 Å². The zero-order valence-corrected chi connectivity index (χ0v) is 20.3. The van der Waals surface area contributed by atoms with E-state index in [2.05, 4.69) is 35.9 Å². The highest BCUT2D eigenvalue weighted by atomic mass is 35.5. The minimum atomic E-state index is -0.455. The lowest BCUT2D eigenvalue weighted by Crippen LogP contribution is -2.36. The van der Waals surface area contributed by atoms with Gasteiger partial charge in [0.05, 0.1) is 19.3 Å². The van der Waals surface area contributed by atoms with E-state index in [4.69, 9.17) is 11.6 Å². The smallest absolute Gasteiger partial charge is 0.305 e. The van der Waals surface area contributed by atoms with E-state index < -0.39 is 12.2 Å². The Morgan fingerprint density at radius 2 is 2.00 bits per heavy atom. The van der Waals surface area contributed by atoms with E-state index in [1.807, 2.05) is 12.1 Å². The average molecular weight is 463 g/mol. The maximum absolute atomic E-state index is 11.2. The van der Waals surface area contributed by atoms with Gasteiger partial charge in [-0.1, -0.05) is 56.2 Å². The fourth-order valence-corrected chi connectivity index (χ4v) is 6.15. The topological polar surface area (TPSA) is 66.8 Å². The van der Waals surface area contributed by atoms with Crippen LogP contribution in [-0.2, 0) is 9.53 Å². The van der Waals surface area contributed by atoms with Crippen molar-refractivity contribution in [1.82, 2.24) is 0 Å². The van der Waals surface area contributed by atoms with Gasteiger partial charge in [0.15, 0.2) is 0 Å². The number of rotatable bonds is 11. The molecule has 1 unspecified atom stereocenters. The summed E-state index contributed by atoms with van der Waals surface area (Å²) in [6, 6.07) is 8.24. The SMILES string of the molecule is CCCC1(C(O)c2ccc([C@@H]3[C@@H](CC=CCCCC(=O)OC)[C@H](Cl)C[C@H]3O)cc2)CCC1. The summed E-state index contributed by atoms with van der Waals surface area (Å²) in [6.45, 7) is 2.19. The van der Waals surface area contributed by atoms with E-state index >= 15 is 0 Å². The van der Waals surface area contributed by atoms with Gasteiger partial charge in [-0.05, 0) is 62.0 Å². The van der Waals surface area contributed by atoms with Crippen molar-refractivity contribution in [2.24, 2.45) is 11.3 Å². The predicted octanol–water partition coefficient (Wildman–Crippen LogP) is 6.05. The Bertz CT molecular complexity index is 755. The number of aliphatic hydroxyl groups excluding tert-OH is 2. The number of aliphatic hydroxyl groups is 2. The molecule has 2 saturated carbocycles. The Morgan fingerprint density at radius 1 is 1.28 bits per heavy atom. The zero-order valence-electron chi connectivity index (χ0n) is 19.5. The molecule has 0 aliphatic heterocycles. The molecule has 2 fully saturated rings. The first-order valence-electron chi connectivity index (χ1n) is 12.2. The lowest BCUT2D eigenvalue weighted by molar-refractivity contribution is -0.140. The van der Waals surface area contributed by atoms with Crippen molar-refractivity contribution in [2.75, 3.05) is 7.11 Å². The van der Waals surface area contributed by atoms with Crippen molar-refractivity contribution < 1.29 is 19.7 Å². The number of hydrogen-bond donors (Lipinski definition) is 2. The lowest BCUT2D eigenvalue weighted by atomic mass is 9.61. The maximum atomic E-state index is 11.2. The van der Waals surface area contributed by atoms with Crippen LogP contribution >= 0.6 is 11.6 Å². The molecular formula is C27H39ClO4. The van der Waals surface area contributed by atoms with Crippen LogP contribution in [0, 0.1) is 11.3 Å². The second-order valence-corrected chi connectivity index (χ2v) is 10.3. The Morgan fingerprint density at radius 3 is 2.59 bits per heavy atom. The first-order valence-corrected chi connectivity index (χ1v) is 12.7. The normalized spacial score (nSPS) is 27.9. The Kier molecular flexibility index (Phi) is 9.22. The highest BCUT2D eigenvalue weighted by Gasteiger charge is 2.44. The standard InChI is InChI=1S/C27H39ClO4/c1-3-15-27(16-8-17-27)26(31)20-13-11-19(12-14-20)25-21(22(28)18-23(25)29)9-6-4-5-7-10-24(30)32-2/h4,6,11-14,21-23,25-26,29,31H,3,5,7-10,15-18H2,1-2H3/t21-,22+,23+,25+,26?/m0/s1. The van der Waals surface area contributed by atoms with Crippen LogP contribution in [0.25, 0.3) is 0 Å². The second-order valence-electron chi connectivity index (χ2n) is 9.72. The summed E-state index contributed by atoms with van der Waals surface area (Å²) in [5.74, 6) is -0.0150. The number of hydrogen-bond acceptors (Lipinski definition) is 4. The molecule has 0 spiro atoms. The van der Waals surface area contributed by atoms with E-state index in [-0.39, 0.29) is 28.6 Å². The summed E-state index contributed by atoms with van der Waals surface area (Å²) >= 11 is 6.63. The van der Waals surface area contributed by atoms with Gasteiger partial charge in [-0.3, -0.25) is 4.79 Å². The van der Waals surface area contributed by atoms with Crippen molar-refractivity contribution in [3.8, 4) is 0 Å². The van der Waals surface area contributed by atoms with Gasteiger partial charge in [0.1, 0.15) is 0 Å². The maximum Gasteiger partial charge on any atom is 0.305 e. The molecule has 0 heterocycles. The minimum Gasteiger partial charge on any atom is -0.469 e. The highest BCUT2D eigenvalue weighted by molar-refractivity contribution is 6.21. The van der Waals surface area contributed by atoms with E-state index in [9.17, 15) is 15.0 Å². The number of unbranched alkanes of at least 4 members (excludes halogenated alkanes) is 1. The molecule has 4 nitrogen and oxygen atoms in total. The van der Waals surface area contributed by atoms with Crippen molar-refractivity contribution >= 4 is 17.6 Å². The van der Waals surface area contributed by atoms with Crippen LogP contribution in [0.15, 0.2) is 36.4 Å². The third-order valence-electron chi connectivity index (χ3n) is 7.68. The Labute approximate surface area is 198 Å². The molecule has 1 aromatic rings. The molecule has 5 heteroatoms. The Hall–Kier alpha value is -1.36. The highest BCUT2D eigenvalue weighted by Crippen LogP contribution is 2.53. The number of allylic oxidation sites excluding steroid dienone is 2. The van der Waals surface area contributed by atoms with Gasteiger partial charge in [-0.2, -0.15) is 0 Å². The molecule has 3 rings (SSSR count). The molecular weight excluding hydrogens is 424 g/mol. The van der Waals surface area contributed by atoms with E-state index in [0.29, 0.717) is 12.8 Å². The summed E-state index contributed by atoms with van der Waals surface area (Å²) in [5, 5.41) is 21.7. The summed E-state index contributed by atoms with van der Waals surface area (Å²) < 4.78 is 4.67. The van der Waals surface area contributed by atoms with Crippen LogP contribution in [0.1, 0.15) is 94.3 Å². The molecule has 0 bridgehead atoms. The number of esters is 1. The molecule has 2 aliphatic carbocycles. The van der Waals surface area contributed by atoms with E-state index in [1.54, 1.807) is 0 Å². The molecule has 1 aromatic carbocycles. The summed E-state index contributed by atoms with van der Waals surface area (Å²) in [5.41, 5.74) is 2.13. The first-order chi connectivity index (χ1) is 15.4. The molecule has 32 heavy (non-hydrogen) atoms. The summed E-state index contributed by atoms with van der Waals surface area (Å²) in [6.07, 6.45) is 12.4. The fourth-order valence-electron chi connectivity index (χ4n) is 5.71. The fraction of sp³-hybridized carbons (Fsp3) is 0.667. The van der Waals surface area contributed by atoms with Gasteiger partial charge < -0.3 is 14.9 Å². The summed E-state index contributed by atoms with van der Waals surface area (Å²) in [7, 11) is 1.41. The average Bonchev–Trinajstić information content (AvgIpc) is 3.05. The van der Waals surface area contributed by atoms with Crippen molar-refractivity contribution in [3.05, 3.63) is 47.5 Å². The minimum absolute atomic E-state index is 0.00304. The van der Waals surface area contributed by atoms with Crippen LogP contribution < -0.4 is 0 Å². The number of benzene rings is 1. The van der Waals surface area contributed by atoms with Crippen LogP contribution in [0.3, 0.4) is 0 Å². The molecule has 2 aliphatic rings. The molecule has 0 radical (unpaired) electrons. The molecule has 0 aromatic heterocycles.